The Balaban J connectivity index is 3.85. The summed E-state index contributed by atoms with van der Waals surface area (Å²) in [7, 11) is -4.76. The number of nitrogens with one attached hydrogen (secondary N) is 1. The molecule has 0 saturated heterocycles. The summed E-state index contributed by atoms with van der Waals surface area (Å²) in [5.41, 5.74) is 0. The number of aliphatic carboxylic acids is 1. The summed E-state index contributed by atoms with van der Waals surface area (Å²) in [5.74, 6) is -2.40. The van der Waals surface area contributed by atoms with Crippen molar-refractivity contribution in [2.24, 2.45) is 0 Å². The number of aliphatic hydroxyl groups is 1. The minimum Gasteiger partial charge on any atom is -0.480 e. The third-order valence-electron chi connectivity index (χ3n) is 10.1. The summed E-state index contributed by atoms with van der Waals surface area (Å²) >= 11 is 0. The standard InChI is InChI=1S/C48H86NO10P/c1-3-5-7-9-11-13-15-17-19-20-21-22-23-24-26-28-30-32-34-36-38-40-47(52)57-41-44(50)42-58-60(55,56)59-43-45(48(53)54)49-46(51)39-37-35-33-31-29-27-25-18-16-14-12-10-8-6-4-2/h6,8,12,14,17-19,25,44-45,50H,3-5,7,9-11,13,15-16,20-24,26-43H2,1-2H3,(H,49,51)(H,53,54)(H,55,56)/b8-6-,14-12-,19-17+,25-18-. The van der Waals surface area contributed by atoms with E-state index < -0.39 is 57.6 Å². The number of carbonyl (C=O) groups excluding carboxylic acids is 2. The summed E-state index contributed by atoms with van der Waals surface area (Å²) in [6.07, 6.45) is 48.5. The number of rotatable bonds is 44. The molecule has 3 atom stereocenters. The average Bonchev–Trinajstić information content (AvgIpc) is 3.22. The highest BCUT2D eigenvalue weighted by Gasteiger charge is 2.28. The van der Waals surface area contributed by atoms with Crippen LogP contribution in [0, 0.1) is 0 Å². The van der Waals surface area contributed by atoms with Gasteiger partial charge >= 0.3 is 19.8 Å². The zero-order valence-electron chi connectivity index (χ0n) is 37.8. The first-order chi connectivity index (χ1) is 29.1. The molecule has 0 fully saturated rings. The van der Waals surface area contributed by atoms with Crippen LogP contribution in [-0.4, -0.2) is 64.9 Å². The van der Waals surface area contributed by atoms with Crippen LogP contribution in [0.4, 0.5) is 0 Å². The fourth-order valence-electron chi connectivity index (χ4n) is 6.44. The molecule has 0 spiro atoms. The van der Waals surface area contributed by atoms with E-state index in [-0.39, 0.29) is 12.8 Å². The Labute approximate surface area is 364 Å². The van der Waals surface area contributed by atoms with Crippen molar-refractivity contribution in [3.63, 3.8) is 0 Å². The zero-order valence-corrected chi connectivity index (χ0v) is 38.6. The number of esters is 1. The fraction of sp³-hybridized carbons (Fsp3) is 0.771. The van der Waals surface area contributed by atoms with Gasteiger partial charge in [-0.25, -0.2) is 9.36 Å². The number of carboxylic acids is 1. The monoisotopic (exact) mass is 868 g/mol. The summed E-state index contributed by atoms with van der Waals surface area (Å²) < 4.78 is 26.9. The number of phosphoric ester groups is 1. The van der Waals surface area contributed by atoms with Gasteiger partial charge in [-0.1, -0.05) is 172 Å². The largest absolute Gasteiger partial charge is 0.480 e. The second-order valence-corrected chi connectivity index (χ2v) is 17.4. The molecule has 0 aromatic carbocycles. The van der Waals surface area contributed by atoms with Crippen LogP contribution >= 0.6 is 7.82 Å². The maximum atomic E-state index is 12.3. The first-order valence-corrected chi connectivity index (χ1v) is 25.2. The number of allylic oxidation sites excluding steroid dienone is 8. The lowest BCUT2D eigenvalue weighted by molar-refractivity contribution is -0.147. The first kappa shape index (κ1) is 57.4. The molecule has 4 N–H and O–H groups in total. The molecule has 0 rings (SSSR count). The van der Waals surface area contributed by atoms with E-state index in [9.17, 15) is 34.1 Å². The summed E-state index contributed by atoms with van der Waals surface area (Å²) in [6.45, 7) is 2.47. The third kappa shape index (κ3) is 42.1. The van der Waals surface area contributed by atoms with Crippen molar-refractivity contribution in [2.45, 2.75) is 219 Å². The number of carbonyl (C=O) groups is 3. The third-order valence-corrected chi connectivity index (χ3v) is 11.1. The van der Waals surface area contributed by atoms with Crippen molar-refractivity contribution >= 4 is 25.7 Å². The Hall–Kier alpha value is -2.56. The van der Waals surface area contributed by atoms with Gasteiger partial charge < -0.3 is 25.2 Å². The van der Waals surface area contributed by atoms with E-state index in [4.69, 9.17) is 13.8 Å². The SMILES string of the molecule is CC/C=C\C/C=C\C/C=C\CCCCCCCC(=O)NC(COP(=O)(O)OCC(O)COC(=O)CCCCCCCCCCCCC/C=C/CCCCCCCC)C(=O)O. The number of aliphatic hydroxyl groups excluding tert-OH is 1. The molecule has 348 valence electrons. The second kappa shape index (κ2) is 43.1. The van der Waals surface area contributed by atoms with Gasteiger partial charge in [0, 0.05) is 12.8 Å². The van der Waals surface area contributed by atoms with Crippen LogP contribution in [0.1, 0.15) is 206 Å². The molecule has 3 unspecified atom stereocenters. The maximum absolute atomic E-state index is 12.3. The fourth-order valence-corrected chi connectivity index (χ4v) is 7.21. The van der Waals surface area contributed by atoms with E-state index in [1.54, 1.807) is 0 Å². The minimum atomic E-state index is -4.76. The average molecular weight is 868 g/mol. The normalized spacial score (nSPS) is 14.1. The van der Waals surface area contributed by atoms with Crippen molar-refractivity contribution in [2.75, 3.05) is 19.8 Å². The number of carboxylic acid groups (broad SMARTS) is 1. The summed E-state index contributed by atoms with van der Waals surface area (Å²) in [4.78, 5) is 46.0. The Morgan fingerprint density at radius 1 is 0.550 bits per heavy atom. The van der Waals surface area contributed by atoms with Crippen molar-refractivity contribution in [3.8, 4) is 0 Å². The van der Waals surface area contributed by atoms with Crippen molar-refractivity contribution < 1.29 is 47.8 Å². The molecule has 0 bridgehead atoms. The maximum Gasteiger partial charge on any atom is 0.472 e. The Morgan fingerprint density at radius 2 is 0.967 bits per heavy atom. The van der Waals surface area contributed by atoms with Gasteiger partial charge in [-0.15, -0.1) is 0 Å². The number of hydrogen-bond donors (Lipinski definition) is 4. The Bertz CT molecular complexity index is 1200. The van der Waals surface area contributed by atoms with Gasteiger partial charge in [0.2, 0.25) is 5.91 Å². The number of ether oxygens (including phenoxy) is 1. The lowest BCUT2D eigenvalue weighted by atomic mass is 10.0. The highest BCUT2D eigenvalue weighted by Crippen LogP contribution is 2.43. The predicted molar refractivity (Wildman–Crippen MR) is 245 cm³/mol. The Kier molecular flexibility index (Phi) is 41.3. The molecule has 0 heterocycles. The smallest absolute Gasteiger partial charge is 0.472 e. The van der Waals surface area contributed by atoms with Crippen molar-refractivity contribution in [3.05, 3.63) is 48.6 Å². The number of hydrogen-bond acceptors (Lipinski definition) is 8. The molecule has 0 aliphatic rings. The van der Waals surface area contributed by atoms with Gasteiger partial charge in [0.15, 0.2) is 6.04 Å². The molecule has 0 saturated carbocycles. The van der Waals surface area contributed by atoms with E-state index in [0.29, 0.717) is 12.8 Å². The lowest BCUT2D eigenvalue weighted by Crippen LogP contribution is -2.43. The molecule has 11 nitrogen and oxygen atoms in total. The lowest BCUT2D eigenvalue weighted by Gasteiger charge is -2.18. The van der Waals surface area contributed by atoms with Gasteiger partial charge in [-0.2, -0.15) is 0 Å². The summed E-state index contributed by atoms with van der Waals surface area (Å²) in [5, 5.41) is 21.8. The molecule has 60 heavy (non-hydrogen) atoms. The molecule has 0 aliphatic heterocycles. The second-order valence-electron chi connectivity index (χ2n) is 15.9. The minimum absolute atomic E-state index is 0.125. The number of phosphoric acid groups is 1. The van der Waals surface area contributed by atoms with Gasteiger partial charge in [0.05, 0.1) is 13.2 Å². The quantitative estimate of drug-likeness (QED) is 0.0200. The van der Waals surface area contributed by atoms with E-state index in [1.165, 1.54) is 96.3 Å². The van der Waals surface area contributed by atoms with E-state index in [2.05, 4.69) is 67.8 Å². The first-order valence-electron chi connectivity index (χ1n) is 23.7. The highest BCUT2D eigenvalue weighted by atomic mass is 31.2. The van der Waals surface area contributed by atoms with Crippen molar-refractivity contribution in [1.29, 1.82) is 0 Å². The molecule has 1 amide bonds. The Morgan fingerprint density at radius 3 is 1.47 bits per heavy atom. The van der Waals surface area contributed by atoms with Crippen LogP contribution in [0.2, 0.25) is 0 Å². The van der Waals surface area contributed by atoms with Crippen LogP contribution < -0.4 is 5.32 Å². The number of unbranched alkanes of at least 4 members (excludes halogenated alkanes) is 22. The van der Waals surface area contributed by atoms with Crippen molar-refractivity contribution in [1.82, 2.24) is 5.32 Å². The van der Waals surface area contributed by atoms with Crippen LogP contribution in [0.25, 0.3) is 0 Å². The number of amides is 1. The highest BCUT2D eigenvalue weighted by molar-refractivity contribution is 7.47. The van der Waals surface area contributed by atoms with Crippen LogP contribution in [0.15, 0.2) is 48.6 Å². The predicted octanol–water partition coefficient (Wildman–Crippen LogP) is 12.6. The van der Waals surface area contributed by atoms with Crippen LogP contribution in [0.3, 0.4) is 0 Å². The van der Waals surface area contributed by atoms with E-state index in [0.717, 1.165) is 70.6 Å². The van der Waals surface area contributed by atoms with Gasteiger partial charge in [-0.3, -0.25) is 18.6 Å². The molecular formula is C48H86NO10P. The van der Waals surface area contributed by atoms with Crippen LogP contribution in [-0.2, 0) is 32.7 Å². The van der Waals surface area contributed by atoms with Gasteiger partial charge in [-0.05, 0) is 70.6 Å². The summed E-state index contributed by atoms with van der Waals surface area (Å²) in [6, 6.07) is -1.56. The van der Waals surface area contributed by atoms with E-state index >= 15 is 0 Å². The topological polar surface area (TPSA) is 169 Å². The van der Waals surface area contributed by atoms with Gasteiger partial charge in [0.25, 0.3) is 0 Å². The zero-order chi connectivity index (χ0) is 44.2. The molecule has 0 aromatic rings. The molecular weight excluding hydrogens is 781 g/mol. The molecule has 0 radical (unpaired) electrons. The molecule has 12 heteroatoms. The van der Waals surface area contributed by atoms with E-state index in [1.807, 2.05) is 0 Å². The molecule has 0 aliphatic carbocycles. The van der Waals surface area contributed by atoms with Gasteiger partial charge in [0.1, 0.15) is 12.7 Å². The van der Waals surface area contributed by atoms with Crippen LogP contribution in [0.5, 0.6) is 0 Å². The molecule has 0 aromatic heterocycles.